The standard InChI is InChI=1S/C28H35N3OS/c32-28(29-15-10-22-11-16-30(17-12-22)20-23-6-2-1-3-7-23)31-18-13-24(14-19-31)26-21-33-27-9-5-4-8-25(26)27/h1-9,21-22,24H,10-20H2,(H,29,32). The second kappa shape index (κ2) is 10.7. The van der Waals surface area contributed by atoms with Crippen LogP contribution in [0.2, 0.25) is 0 Å². The fourth-order valence-corrected chi connectivity index (χ4v) is 6.52. The molecule has 1 N–H and O–H groups in total. The number of fused-ring (bicyclic) bond motifs is 1. The first-order valence-electron chi connectivity index (χ1n) is 12.5. The molecule has 0 spiro atoms. The van der Waals surface area contributed by atoms with Gasteiger partial charge in [0.2, 0.25) is 0 Å². The normalized spacial score (nSPS) is 18.6. The van der Waals surface area contributed by atoms with Crippen LogP contribution in [0.15, 0.2) is 60.0 Å². The smallest absolute Gasteiger partial charge is 0.317 e. The zero-order valence-electron chi connectivity index (χ0n) is 19.4. The van der Waals surface area contributed by atoms with Gasteiger partial charge in [0.1, 0.15) is 0 Å². The molecule has 2 aliphatic heterocycles. The molecule has 3 heterocycles. The quantitative estimate of drug-likeness (QED) is 0.482. The van der Waals surface area contributed by atoms with Gasteiger partial charge in [-0.15, -0.1) is 11.3 Å². The van der Waals surface area contributed by atoms with Crippen molar-refractivity contribution >= 4 is 27.5 Å². The van der Waals surface area contributed by atoms with Gasteiger partial charge in [0.15, 0.2) is 0 Å². The van der Waals surface area contributed by atoms with Crippen molar-refractivity contribution in [3.63, 3.8) is 0 Å². The van der Waals surface area contributed by atoms with Crippen molar-refractivity contribution in [2.75, 3.05) is 32.7 Å². The van der Waals surface area contributed by atoms with Crippen LogP contribution < -0.4 is 5.32 Å². The van der Waals surface area contributed by atoms with Gasteiger partial charge >= 0.3 is 6.03 Å². The summed E-state index contributed by atoms with van der Waals surface area (Å²) in [5, 5.41) is 6.94. The van der Waals surface area contributed by atoms with E-state index in [2.05, 4.69) is 70.2 Å². The number of rotatable bonds is 6. The number of benzene rings is 2. The lowest BCUT2D eigenvalue weighted by Gasteiger charge is -2.33. The van der Waals surface area contributed by atoms with Gasteiger partial charge in [-0.3, -0.25) is 4.90 Å². The summed E-state index contributed by atoms with van der Waals surface area (Å²) in [6.45, 7) is 5.91. The Morgan fingerprint density at radius 2 is 1.64 bits per heavy atom. The molecule has 3 aromatic rings. The SMILES string of the molecule is O=C(NCCC1CCN(Cc2ccccc2)CC1)N1CCC(c2csc3ccccc23)CC1. The molecule has 2 amide bonds. The van der Waals surface area contributed by atoms with E-state index in [0.29, 0.717) is 5.92 Å². The van der Waals surface area contributed by atoms with Gasteiger partial charge in [0.05, 0.1) is 0 Å². The van der Waals surface area contributed by atoms with Crippen molar-refractivity contribution in [2.45, 2.75) is 44.6 Å². The van der Waals surface area contributed by atoms with Crippen LogP contribution in [0.25, 0.3) is 10.1 Å². The third-order valence-electron chi connectivity index (χ3n) is 7.52. The summed E-state index contributed by atoms with van der Waals surface area (Å²) in [5.74, 6) is 1.31. The van der Waals surface area contributed by atoms with Crippen molar-refractivity contribution in [1.29, 1.82) is 0 Å². The van der Waals surface area contributed by atoms with Crippen molar-refractivity contribution in [3.8, 4) is 0 Å². The van der Waals surface area contributed by atoms with Crippen LogP contribution >= 0.6 is 11.3 Å². The number of thiophene rings is 1. The Balaban J connectivity index is 1.01. The number of likely N-dealkylation sites (tertiary alicyclic amines) is 2. The Hall–Kier alpha value is -2.37. The van der Waals surface area contributed by atoms with Crippen LogP contribution in [0.1, 0.15) is 49.1 Å². The predicted molar refractivity (Wildman–Crippen MR) is 138 cm³/mol. The summed E-state index contributed by atoms with van der Waals surface area (Å²) >= 11 is 1.84. The van der Waals surface area contributed by atoms with Crippen molar-refractivity contribution < 1.29 is 4.79 Å². The Kier molecular flexibility index (Phi) is 7.27. The van der Waals surface area contributed by atoms with E-state index in [4.69, 9.17) is 0 Å². The topological polar surface area (TPSA) is 35.6 Å². The maximum absolute atomic E-state index is 12.7. The average molecular weight is 462 g/mol. The van der Waals surface area contributed by atoms with Gasteiger partial charge in [0.25, 0.3) is 0 Å². The summed E-state index contributed by atoms with van der Waals surface area (Å²) in [5.41, 5.74) is 2.88. The van der Waals surface area contributed by atoms with E-state index >= 15 is 0 Å². The molecule has 1 aromatic heterocycles. The van der Waals surface area contributed by atoms with Gasteiger partial charge < -0.3 is 10.2 Å². The highest BCUT2D eigenvalue weighted by Crippen LogP contribution is 2.36. The zero-order chi connectivity index (χ0) is 22.5. The first kappa shape index (κ1) is 22.4. The molecule has 0 radical (unpaired) electrons. The zero-order valence-corrected chi connectivity index (χ0v) is 20.2. The second-order valence-corrected chi connectivity index (χ2v) is 10.6. The van der Waals surface area contributed by atoms with Crippen LogP contribution in [0, 0.1) is 5.92 Å². The van der Waals surface area contributed by atoms with Crippen LogP contribution in [-0.2, 0) is 6.54 Å². The number of hydrogen-bond donors (Lipinski definition) is 1. The number of hydrogen-bond acceptors (Lipinski definition) is 3. The molecule has 0 bridgehead atoms. The fraction of sp³-hybridized carbons (Fsp3) is 0.464. The Morgan fingerprint density at radius 3 is 2.42 bits per heavy atom. The van der Waals surface area contributed by atoms with Gasteiger partial charge in [0, 0.05) is 30.9 Å². The lowest BCUT2D eigenvalue weighted by atomic mass is 9.89. The molecule has 5 heteroatoms. The molecule has 0 unspecified atom stereocenters. The van der Waals surface area contributed by atoms with Gasteiger partial charge in [-0.05, 0) is 85.0 Å². The summed E-state index contributed by atoms with van der Waals surface area (Å²) in [7, 11) is 0. The van der Waals surface area contributed by atoms with E-state index < -0.39 is 0 Å². The van der Waals surface area contributed by atoms with Gasteiger partial charge in [-0.2, -0.15) is 0 Å². The van der Waals surface area contributed by atoms with E-state index in [9.17, 15) is 4.79 Å². The highest BCUT2D eigenvalue weighted by molar-refractivity contribution is 7.17. The highest BCUT2D eigenvalue weighted by atomic mass is 32.1. The first-order valence-corrected chi connectivity index (χ1v) is 13.4. The van der Waals surface area contributed by atoms with Crippen molar-refractivity contribution in [3.05, 3.63) is 71.1 Å². The minimum atomic E-state index is 0.130. The number of nitrogens with zero attached hydrogens (tertiary/aromatic N) is 2. The van der Waals surface area contributed by atoms with E-state index in [-0.39, 0.29) is 6.03 Å². The first-order chi connectivity index (χ1) is 16.3. The minimum absolute atomic E-state index is 0.130. The van der Waals surface area contributed by atoms with Crippen molar-refractivity contribution in [1.82, 2.24) is 15.1 Å². The predicted octanol–water partition coefficient (Wildman–Crippen LogP) is 6.09. The summed E-state index contributed by atoms with van der Waals surface area (Å²) in [4.78, 5) is 17.3. The molecule has 2 aliphatic rings. The molecule has 0 saturated carbocycles. The molecule has 174 valence electrons. The fourth-order valence-electron chi connectivity index (χ4n) is 5.48. The van der Waals surface area contributed by atoms with Crippen LogP contribution in [0.3, 0.4) is 0 Å². The van der Waals surface area contributed by atoms with Crippen LogP contribution in [0.5, 0.6) is 0 Å². The number of carbonyl (C=O) groups is 1. The highest BCUT2D eigenvalue weighted by Gasteiger charge is 2.26. The minimum Gasteiger partial charge on any atom is -0.338 e. The Morgan fingerprint density at radius 1 is 0.909 bits per heavy atom. The monoisotopic (exact) mass is 461 g/mol. The molecule has 2 saturated heterocycles. The third-order valence-corrected chi connectivity index (χ3v) is 8.50. The molecule has 2 fully saturated rings. The molecule has 4 nitrogen and oxygen atoms in total. The summed E-state index contributed by atoms with van der Waals surface area (Å²) in [6, 6.07) is 19.6. The number of nitrogens with one attached hydrogen (secondary N) is 1. The molecule has 0 atom stereocenters. The van der Waals surface area contributed by atoms with E-state index in [1.54, 1.807) is 0 Å². The molecule has 33 heavy (non-hydrogen) atoms. The molecular weight excluding hydrogens is 426 g/mol. The number of amides is 2. The summed E-state index contributed by atoms with van der Waals surface area (Å²) < 4.78 is 1.37. The van der Waals surface area contributed by atoms with Crippen molar-refractivity contribution in [2.24, 2.45) is 5.92 Å². The lowest BCUT2D eigenvalue weighted by molar-refractivity contribution is 0.166. The molecular formula is C28H35N3OS. The van der Waals surface area contributed by atoms with E-state index in [1.807, 2.05) is 16.2 Å². The van der Waals surface area contributed by atoms with Crippen LogP contribution in [-0.4, -0.2) is 48.6 Å². The number of piperidine rings is 2. The van der Waals surface area contributed by atoms with Crippen LogP contribution in [0.4, 0.5) is 4.79 Å². The number of carbonyl (C=O) groups excluding carboxylic acids is 1. The van der Waals surface area contributed by atoms with Gasteiger partial charge in [-0.25, -0.2) is 4.79 Å². The molecule has 0 aliphatic carbocycles. The maximum atomic E-state index is 12.7. The lowest BCUT2D eigenvalue weighted by Crippen LogP contribution is -2.44. The summed E-state index contributed by atoms with van der Waals surface area (Å²) in [6.07, 6.45) is 5.70. The third kappa shape index (κ3) is 5.59. The van der Waals surface area contributed by atoms with E-state index in [0.717, 1.165) is 64.4 Å². The molecule has 5 rings (SSSR count). The maximum Gasteiger partial charge on any atom is 0.317 e. The average Bonchev–Trinajstić information content (AvgIpc) is 3.30. The van der Waals surface area contributed by atoms with Gasteiger partial charge in [-0.1, -0.05) is 48.5 Å². The second-order valence-electron chi connectivity index (χ2n) is 9.67. The van der Waals surface area contributed by atoms with E-state index in [1.165, 1.54) is 34.1 Å². The Bertz CT molecular complexity index is 1030. The largest absolute Gasteiger partial charge is 0.338 e. The Labute approximate surface area is 201 Å². The number of urea groups is 1. The molecule has 2 aromatic carbocycles.